The first-order valence-electron chi connectivity index (χ1n) is 10.3. The number of ether oxygens (including phenoxy) is 1. The Morgan fingerprint density at radius 2 is 2.10 bits per heavy atom. The largest absolute Gasteiger partial charge is 0.386 e. The van der Waals surface area contributed by atoms with E-state index in [9.17, 15) is 5.11 Å². The highest BCUT2D eigenvalue weighted by molar-refractivity contribution is 5.96. The lowest BCUT2D eigenvalue weighted by Crippen LogP contribution is -2.44. The van der Waals surface area contributed by atoms with E-state index < -0.39 is 5.60 Å². The molecule has 0 saturated carbocycles. The van der Waals surface area contributed by atoms with Crippen LogP contribution in [0.4, 0.5) is 5.82 Å². The second-order valence-corrected chi connectivity index (χ2v) is 8.30. The predicted octanol–water partition coefficient (Wildman–Crippen LogP) is 2.96. The Hall–Kier alpha value is -3.23. The van der Waals surface area contributed by atoms with Gasteiger partial charge in [0.15, 0.2) is 5.65 Å². The molecule has 1 saturated heterocycles. The first-order valence-corrected chi connectivity index (χ1v) is 10.3. The fourth-order valence-corrected chi connectivity index (χ4v) is 4.02. The third-order valence-corrected chi connectivity index (χ3v) is 5.56. The SMILES string of the molecule is C[C@@H]1COCCN1c1cc(-c2ccccc2C(C)(C)O)c2cnn(C(N)=CC=N)c2n1. The van der Waals surface area contributed by atoms with Gasteiger partial charge in [-0.05, 0) is 49.6 Å². The molecule has 1 atom stereocenters. The van der Waals surface area contributed by atoms with Gasteiger partial charge in [0, 0.05) is 18.1 Å². The number of aromatic nitrogens is 3. The van der Waals surface area contributed by atoms with Gasteiger partial charge in [-0.1, -0.05) is 24.3 Å². The van der Waals surface area contributed by atoms with Crippen LogP contribution in [0.15, 0.2) is 42.6 Å². The predicted molar refractivity (Wildman–Crippen MR) is 123 cm³/mol. The monoisotopic (exact) mass is 420 g/mol. The van der Waals surface area contributed by atoms with E-state index in [0.717, 1.165) is 40.7 Å². The first kappa shape index (κ1) is 21.0. The Morgan fingerprint density at radius 1 is 1.32 bits per heavy atom. The Balaban J connectivity index is 2.01. The number of hydrogen-bond donors (Lipinski definition) is 3. The van der Waals surface area contributed by atoms with Crippen LogP contribution in [-0.4, -0.2) is 51.9 Å². The number of hydrogen-bond acceptors (Lipinski definition) is 7. The van der Waals surface area contributed by atoms with E-state index in [1.807, 2.05) is 24.3 Å². The quantitative estimate of drug-likeness (QED) is 0.547. The van der Waals surface area contributed by atoms with Crippen LogP contribution in [0.25, 0.3) is 28.0 Å². The summed E-state index contributed by atoms with van der Waals surface area (Å²) < 4.78 is 7.15. The van der Waals surface area contributed by atoms with E-state index >= 15 is 0 Å². The zero-order valence-corrected chi connectivity index (χ0v) is 18.0. The highest BCUT2D eigenvalue weighted by Gasteiger charge is 2.26. The molecule has 8 nitrogen and oxygen atoms in total. The van der Waals surface area contributed by atoms with Gasteiger partial charge < -0.3 is 25.9 Å². The van der Waals surface area contributed by atoms with Crippen LogP contribution in [0.2, 0.25) is 0 Å². The number of morpholine rings is 1. The molecule has 0 radical (unpaired) electrons. The minimum atomic E-state index is -1.02. The number of nitrogens with one attached hydrogen (secondary N) is 1. The van der Waals surface area contributed by atoms with Crippen molar-refractivity contribution in [2.45, 2.75) is 32.4 Å². The minimum Gasteiger partial charge on any atom is -0.386 e. The summed E-state index contributed by atoms with van der Waals surface area (Å²) in [6, 6.07) is 10.0. The molecular formula is C23H28N6O2. The molecule has 3 heterocycles. The summed E-state index contributed by atoms with van der Waals surface area (Å²) in [6.45, 7) is 7.66. The number of fused-ring (bicyclic) bond motifs is 1. The van der Waals surface area contributed by atoms with Crippen molar-refractivity contribution in [2.75, 3.05) is 24.7 Å². The van der Waals surface area contributed by atoms with Crippen LogP contribution in [0, 0.1) is 5.41 Å². The van der Waals surface area contributed by atoms with Gasteiger partial charge in [0.25, 0.3) is 0 Å². The van der Waals surface area contributed by atoms with E-state index in [2.05, 4.69) is 23.0 Å². The van der Waals surface area contributed by atoms with E-state index in [0.29, 0.717) is 24.7 Å². The number of benzene rings is 1. The van der Waals surface area contributed by atoms with Gasteiger partial charge >= 0.3 is 0 Å². The van der Waals surface area contributed by atoms with Gasteiger partial charge in [-0.3, -0.25) is 0 Å². The second kappa shape index (κ2) is 8.13. The summed E-state index contributed by atoms with van der Waals surface area (Å²) in [6.07, 6.45) is 4.33. The van der Waals surface area contributed by atoms with E-state index in [1.54, 1.807) is 24.7 Å². The lowest BCUT2D eigenvalue weighted by atomic mass is 9.89. The van der Waals surface area contributed by atoms with Crippen molar-refractivity contribution >= 4 is 28.9 Å². The van der Waals surface area contributed by atoms with Crippen LogP contribution in [0.3, 0.4) is 0 Å². The minimum absolute atomic E-state index is 0.168. The van der Waals surface area contributed by atoms with Crippen molar-refractivity contribution in [1.29, 1.82) is 5.41 Å². The number of rotatable bonds is 5. The maximum absolute atomic E-state index is 10.8. The standard InChI is InChI=1S/C23H28N6O2/c1-15-14-31-11-10-28(15)21-12-17(16-6-4-5-7-19(16)23(2,3)30)18-13-26-29(22(18)27-21)20(25)8-9-24/h4-9,12-13,15,24,30H,10-11,14,25H2,1-3H3/t15-/m1/s1. The second-order valence-electron chi connectivity index (χ2n) is 8.30. The summed E-state index contributed by atoms with van der Waals surface area (Å²) in [5.41, 5.74) is 8.40. The van der Waals surface area contributed by atoms with Crippen LogP contribution >= 0.6 is 0 Å². The molecular weight excluding hydrogens is 392 g/mol. The topological polar surface area (TPSA) is 113 Å². The summed E-state index contributed by atoms with van der Waals surface area (Å²) in [5, 5.41) is 23.4. The van der Waals surface area contributed by atoms with Crippen molar-refractivity contribution in [3.05, 3.63) is 48.2 Å². The molecule has 4 rings (SSSR count). The molecule has 1 aromatic carbocycles. The van der Waals surface area contributed by atoms with Crippen LogP contribution in [-0.2, 0) is 10.3 Å². The fraction of sp³-hybridized carbons (Fsp3) is 0.348. The van der Waals surface area contributed by atoms with Gasteiger partial charge in [0.05, 0.1) is 31.1 Å². The molecule has 4 N–H and O–H groups in total. The van der Waals surface area contributed by atoms with Crippen molar-refractivity contribution in [2.24, 2.45) is 5.73 Å². The zero-order chi connectivity index (χ0) is 22.2. The van der Waals surface area contributed by atoms with Crippen LogP contribution in [0.5, 0.6) is 0 Å². The summed E-state index contributed by atoms with van der Waals surface area (Å²) in [4.78, 5) is 7.12. The van der Waals surface area contributed by atoms with Gasteiger partial charge in [-0.2, -0.15) is 9.78 Å². The average molecular weight is 421 g/mol. The number of anilines is 1. The molecule has 31 heavy (non-hydrogen) atoms. The van der Waals surface area contributed by atoms with Crippen molar-refractivity contribution in [3.8, 4) is 11.1 Å². The van der Waals surface area contributed by atoms with E-state index in [1.165, 1.54) is 6.08 Å². The van der Waals surface area contributed by atoms with Crippen LogP contribution < -0.4 is 10.6 Å². The molecule has 0 unspecified atom stereocenters. The number of nitrogens with two attached hydrogens (primary N) is 1. The van der Waals surface area contributed by atoms with Crippen LogP contribution in [0.1, 0.15) is 26.3 Å². The third kappa shape index (κ3) is 3.92. The molecule has 2 aromatic heterocycles. The molecule has 0 amide bonds. The molecule has 0 bridgehead atoms. The van der Waals surface area contributed by atoms with Crippen molar-refractivity contribution < 1.29 is 9.84 Å². The Morgan fingerprint density at radius 3 is 2.81 bits per heavy atom. The summed E-state index contributed by atoms with van der Waals surface area (Å²) >= 11 is 0. The van der Waals surface area contributed by atoms with E-state index in [4.69, 9.17) is 20.9 Å². The summed E-state index contributed by atoms with van der Waals surface area (Å²) in [7, 11) is 0. The smallest absolute Gasteiger partial charge is 0.167 e. The zero-order valence-electron chi connectivity index (χ0n) is 18.0. The molecule has 0 spiro atoms. The number of allylic oxidation sites excluding steroid dienone is 1. The highest BCUT2D eigenvalue weighted by Crippen LogP contribution is 2.37. The maximum atomic E-state index is 10.8. The molecule has 1 aliphatic heterocycles. The van der Waals surface area contributed by atoms with Gasteiger partial charge in [-0.25, -0.2) is 4.98 Å². The van der Waals surface area contributed by atoms with Crippen molar-refractivity contribution in [1.82, 2.24) is 14.8 Å². The fourth-order valence-electron chi connectivity index (χ4n) is 4.02. The Kier molecular flexibility index (Phi) is 5.51. The van der Waals surface area contributed by atoms with Gasteiger partial charge in [0.2, 0.25) is 0 Å². The van der Waals surface area contributed by atoms with E-state index in [-0.39, 0.29) is 6.04 Å². The number of aliphatic hydroxyl groups is 1. The van der Waals surface area contributed by atoms with Gasteiger partial charge in [-0.15, -0.1) is 0 Å². The normalized spacial score (nSPS) is 17.9. The average Bonchev–Trinajstić information content (AvgIpc) is 3.17. The summed E-state index contributed by atoms with van der Waals surface area (Å²) in [5.74, 6) is 1.11. The number of pyridine rings is 1. The van der Waals surface area contributed by atoms with Crippen molar-refractivity contribution in [3.63, 3.8) is 0 Å². The lowest BCUT2D eigenvalue weighted by molar-refractivity contribution is 0.0792. The molecule has 162 valence electrons. The first-order chi connectivity index (χ1) is 14.8. The lowest BCUT2D eigenvalue weighted by Gasteiger charge is -2.34. The van der Waals surface area contributed by atoms with Gasteiger partial charge in [0.1, 0.15) is 11.6 Å². The molecule has 0 aliphatic carbocycles. The molecule has 3 aromatic rings. The number of nitrogens with zero attached hydrogens (tertiary/aromatic N) is 4. The maximum Gasteiger partial charge on any atom is 0.167 e. The Labute approximate surface area is 181 Å². The Bertz CT molecular complexity index is 1140. The highest BCUT2D eigenvalue weighted by atomic mass is 16.5. The molecule has 1 aliphatic rings. The molecule has 1 fully saturated rings. The third-order valence-electron chi connectivity index (χ3n) is 5.56. The molecule has 8 heteroatoms.